The van der Waals surface area contributed by atoms with Gasteiger partial charge in [-0.25, -0.2) is 14.5 Å². The Morgan fingerprint density at radius 1 is 1.29 bits per heavy atom. The first-order chi connectivity index (χ1) is 13.5. The maximum absolute atomic E-state index is 12.0. The molecule has 28 heavy (non-hydrogen) atoms. The van der Waals surface area contributed by atoms with Crippen molar-refractivity contribution in [2.45, 2.75) is 12.8 Å². The number of nitrogens with two attached hydrogens (primary N) is 2. The van der Waals surface area contributed by atoms with E-state index in [-0.39, 0.29) is 11.4 Å². The van der Waals surface area contributed by atoms with E-state index < -0.39 is 11.8 Å². The van der Waals surface area contributed by atoms with Crippen molar-refractivity contribution >= 4 is 35.0 Å². The molecule has 8 nitrogen and oxygen atoms in total. The highest BCUT2D eigenvalue weighted by molar-refractivity contribution is 7.13. The normalized spacial score (nSPS) is 12.2. The first-order valence-electron chi connectivity index (χ1n) is 8.43. The minimum Gasteiger partial charge on any atom is -0.383 e. The van der Waals surface area contributed by atoms with Crippen LogP contribution < -0.4 is 11.5 Å². The Morgan fingerprint density at radius 3 is 2.79 bits per heavy atom. The van der Waals surface area contributed by atoms with E-state index in [2.05, 4.69) is 15.1 Å². The summed E-state index contributed by atoms with van der Waals surface area (Å²) in [6, 6.07) is 7.35. The fourth-order valence-corrected chi connectivity index (χ4v) is 3.77. The van der Waals surface area contributed by atoms with Crippen molar-refractivity contribution in [2.24, 2.45) is 5.73 Å². The summed E-state index contributed by atoms with van der Waals surface area (Å²) in [7, 11) is 0. The number of nitrogens with zero attached hydrogens (tertiary/aromatic N) is 4. The number of amides is 1. The number of nitrogen functional groups attached to an aromatic ring is 1. The molecule has 4 aromatic rings. The Bertz CT molecular complexity index is 1200. The fraction of sp³-hybridized carbons (Fsp3) is 0.105. The van der Waals surface area contributed by atoms with Gasteiger partial charge in [-0.05, 0) is 23.6 Å². The highest BCUT2D eigenvalue weighted by Gasteiger charge is 2.22. The van der Waals surface area contributed by atoms with Crippen molar-refractivity contribution in [2.75, 3.05) is 5.73 Å². The minimum absolute atomic E-state index is 0.0830. The van der Waals surface area contributed by atoms with Gasteiger partial charge < -0.3 is 16.3 Å². The van der Waals surface area contributed by atoms with E-state index in [9.17, 15) is 9.59 Å². The first-order valence-corrected chi connectivity index (χ1v) is 9.31. The monoisotopic (exact) mass is 392 g/mol. The predicted molar refractivity (Wildman–Crippen MR) is 107 cm³/mol. The zero-order chi connectivity index (χ0) is 19.8. The van der Waals surface area contributed by atoms with Gasteiger partial charge in [-0.1, -0.05) is 13.0 Å². The van der Waals surface area contributed by atoms with Gasteiger partial charge in [0.05, 0.1) is 28.0 Å². The summed E-state index contributed by atoms with van der Waals surface area (Å²) in [4.78, 5) is 33.3. The van der Waals surface area contributed by atoms with Crippen LogP contribution in [0.2, 0.25) is 0 Å². The van der Waals surface area contributed by atoms with Gasteiger partial charge in [0.1, 0.15) is 12.1 Å². The lowest BCUT2D eigenvalue weighted by atomic mass is 9.95. The number of aldehydes is 1. The van der Waals surface area contributed by atoms with Gasteiger partial charge in [-0.2, -0.15) is 5.10 Å². The quantitative estimate of drug-likeness (QED) is 0.502. The van der Waals surface area contributed by atoms with Crippen LogP contribution in [0.5, 0.6) is 0 Å². The summed E-state index contributed by atoms with van der Waals surface area (Å²) in [6.45, 7) is 1.64. The molecule has 0 aromatic carbocycles. The van der Waals surface area contributed by atoms with Gasteiger partial charge in [0.15, 0.2) is 5.65 Å². The van der Waals surface area contributed by atoms with E-state index in [4.69, 9.17) is 11.5 Å². The third kappa shape index (κ3) is 2.91. The lowest BCUT2D eigenvalue weighted by Crippen LogP contribution is -2.18. The molecule has 0 fully saturated rings. The Hall–Kier alpha value is -3.59. The zero-order valence-corrected chi connectivity index (χ0v) is 15.7. The van der Waals surface area contributed by atoms with E-state index in [1.54, 1.807) is 29.0 Å². The molecule has 140 valence electrons. The Balaban J connectivity index is 1.91. The number of rotatable bonds is 5. The number of carbonyl (C=O) groups is 2. The Morgan fingerprint density at radius 2 is 2.11 bits per heavy atom. The molecule has 4 aromatic heterocycles. The van der Waals surface area contributed by atoms with Gasteiger partial charge in [0, 0.05) is 23.2 Å². The maximum atomic E-state index is 12.0. The molecule has 9 heteroatoms. The van der Waals surface area contributed by atoms with E-state index in [0.717, 1.165) is 10.6 Å². The number of aromatic nitrogens is 4. The predicted octanol–water partition coefficient (Wildman–Crippen LogP) is 2.50. The van der Waals surface area contributed by atoms with Crippen LogP contribution in [0.3, 0.4) is 0 Å². The van der Waals surface area contributed by atoms with Crippen molar-refractivity contribution in [3.05, 3.63) is 53.2 Å². The number of thiophene rings is 1. The molecule has 0 bridgehead atoms. The van der Waals surface area contributed by atoms with E-state index in [1.165, 1.54) is 6.07 Å². The summed E-state index contributed by atoms with van der Waals surface area (Å²) in [5.41, 5.74) is 14.5. The molecule has 1 atom stereocenters. The molecular weight excluding hydrogens is 376 g/mol. The summed E-state index contributed by atoms with van der Waals surface area (Å²) >= 11 is 1.58. The molecular formula is C19H16N6O2S. The molecule has 1 unspecified atom stereocenters. The van der Waals surface area contributed by atoms with E-state index >= 15 is 0 Å². The SMILES string of the molecule is CC(C=O)c1c(C(N)=O)cc(-c2cnn3ccc(-c4cccs4)nc23)nc1N. The second-order valence-corrected chi connectivity index (χ2v) is 7.21. The second kappa shape index (κ2) is 6.86. The van der Waals surface area contributed by atoms with Gasteiger partial charge >= 0.3 is 0 Å². The third-order valence-electron chi connectivity index (χ3n) is 4.43. The summed E-state index contributed by atoms with van der Waals surface area (Å²) < 4.78 is 1.62. The van der Waals surface area contributed by atoms with Crippen LogP contribution in [0.4, 0.5) is 5.82 Å². The molecule has 0 saturated carbocycles. The first kappa shape index (κ1) is 17.8. The molecule has 1 amide bonds. The van der Waals surface area contributed by atoms with Gasteiger partial charge in [0.2, 0.25) is 5.91 Å². The van der Waals surface area contributed by atoms with Gasteiger partial charge in [-0.15, -0.1) is 11.3 Å². The molecule has 0 radical (unpaired) electrons. The number of primary amides is 1. The van der Waals surface area contributed by atoms with E-state index in [0.29, 0.717) is 28.8 Å². The van der Waals surface area contributed by atoms with Crippen molar-refractivity contribution in [3.63, 3.8) is 0 Å². The third-order valence-corrected chi connectivity index (χ3v) is 5.32. The molecule has 4 N–H and O–H groups in total. The second-order valence-electron chi connectivity index (χ2n) is 6.26. The number of hydrogen-bond donors (Lipinski definition) is 2. The van der Waals surface area contributed by atoms with E-state index in [1.807, 2.05) is 29.8 Å². The number of anilines is 1. The van der Waals surface area contributed by atoms with Gasteiger partial charge in [-0.3, -0.25) is 4.79 Å². The molecule has 0 aliphatic rings. The molecule has 4 rings (SSSR count). The standard InChI is InChI=1S/C19H16N6O2S/c1-10(9-26)16-11(18(21)27)7-14(23-17(16)20)12-8-22-25-5-4-13(24-19(12)25)15-3-2-6-28-15/h2-10H,1H3,(H2,20,23)(H2,21,27). The number of carbonyl (C=O) groups excluding carboxylic acids is 2. The van der Waals surface area contributed by atoms with Gasteiger partial charge in [0.25, 0.3) is 0 Å². The van der Waals surface area contributed by atoms with Crippen LogP contribution in [0.15, 0.2) is 42.0 Å². The number of pyridine rings is 1. The van der Waals surface area contributed by atoms with Crippen molar-refractivity contribution in [1.29, 1.82) is 0 Å². The molecule has 0 aliphatic carbocycles. The van der Waals surface area contributed by atoms with Crippen molar-refractivity contribution < 1.29 is 9.59 Å². The molecule has 0 aliphatic heterocycles. The van der Waals surface area contributed by atoms with Crippen LogP contribution >= 0.6 is 11.3 Å². The highest BCUT2D eigenvalue weighted by atomic mass is 32.1. The average molecular weight is 392 g/mol. The maximum Gasteiger partial charge on any atom is 0.249 e. The van der Waals surface area contributed by atoms with Crippen molar-refractivity contribution in [3.8, 4) is 21.8 Å². The topological polar surface area (TPSA) is 129 Å². The van der Waals surface area contributed by atoms with Crippen LogP contribution in [0, 0.1) is 0 Å². The zero-order valence-electron chi connectivity index (χ0n) is 14.9. The average Bonchev–Trinajstić information content (AvgIpc) is 3.36. The Labute approximate surface area is 163 Å². The minimum atomic E-state index is -0.678. The molecule has 0 saturated heterocycles. The lowest BCUT2D eigenvalue weighted by molar-refractivity contribution is -0.108. The fourth-order valence-electron chi connectivity index (χ4n) is 3.07. The smallest absolute Gasteiger partial charge is 0.249 e. The summed E-state index contributed by atoms with van der Waals surface area (Å²) in [6.07, 6.45) is 4.11. The number of hydrogen-bond acceptors (Lipinski definition) is 7. The highest BCUT2D eigenvalue weighted by Crippen LogP contribution is 2.31. The van der Waals surface area contributed by atoms with Crippen LogP contribution in [0.1, 0.15) is 28.8 Å². The Kier molecular flexibility index (Phi) is 4.36. The molecule has 0 spiro atoms. The van der Waals surface area contributed by atoms with Crippen molar-refractivity contribution in [1.82, 2.24) is 19.6 Å². The lowest BCUT2D eigenvalue weighted by Gasteiger charge is -2.13. The summed E-state index contributed by atoms with van der Waals surface area (Å²) in [5, 5.41) is 6.28. The number of fused-ring (bicyclic) bond motifs is 1. The largest absolute Gasteiger partial charge is 0.383 e. The van der Waals surface area contributed by atoms with Crippen LogP contribution in [0.25, 0.3) is 27.5 Å². The van der Waals surface area contributed by atoms with Crippen LogP contribution in [-0.4, -0.2) is 31.8 Å². The van der Waals surface area contributed by atoms with Crippen LogP contribution in [-0.2, 0) is 4.79 Å². The molecule has 4 heterocycles. The summed E-state index contributed by atoms with van der Waals surface area (Å²) in [5.74, 6) is -1.20.